The molecule has 1 heterocycles. The minimum Gasteiger partial charge on any atom is -0.369 e. The molecule has 0 saturated carbocycles. The van der Waals surface area contributed by atoms with Gasteiger partial charge in [-0.2, -0.15) is 13.2 Å². The van der Waals surface area contributed by atoms with E-state index >= 15 is 0 Å². The lowest BCUT2D eigenvalue weighted by Gasteiger charge is -2.19. The van der Waals surface area contributed by atoms with Crippen molar-refractivity contribution in [3.8, 4) is 0 Å². The number of aryl methyl sites for hydroxylation is 2. The van der Waals surface area contributed by atoms with E-state index < -0.39 is 36.4 Å². The first kappa shape index (κ1) is 15.8. The summed E-state index contributed by atoms with van der Waals surface area (Å²) in [6.45, 7) is -0.803. The molecule has 1 saturated heterocycles. The number of nitrogens with two attached hydrogens (primary N) is 1. The molecule has 0 spiro atoms. The zero-order valence-corrected chi connectivity index (χ0v) is 12.4. The van der Waals surface area contributed by atoms with Crippen LogP contribution in [0.1, 0.15) is 27.9 Å². The van der Waals surface area contributed by atoms with Crippen molar-refractivity contribution in [1.29, 1.82) is 0 Å². The molecule has 0 radical (unpaired) electrons. The zero-order valence-electron chi connectivity index (χ0n) is 12.4. The lowest BCUT2D eigenvalue weighted by Crippen LogP contribution is -2.37. The first-order valence-electron chi connectivity index (χ1n) is 7.54. The van der Waals surface area contributed by atoms with Gasteiger partial charge in [-0.25, -0.2) is 0 Å². The minimum atomic E-state index is -4.55. The quantitative estimate of drug-likeness (QED) is 0.902. The molecule has 2 atom stereocenters. The van der Waals surface area contributed by atoms with Gasteiger partial charge >= 0.3 is 6.18 Å². The summed E-state index contributed by atoms with van der Waals surface area (Å²) in [5.74, 6) is -4.76. The van der Waals surface area contributed by atoms with Crippen LogP contribution in [0.4, 0.5) is 13.2 Å². The van der Waals surface area contributed by atoms with Crippen molar-refractivity contribution in [2.75, 3.05) is 13.1 Å². The summed E-state index contributed by atoms with van der Waals surface area (Å²) in [6.07, 6.45) is -1.68. The Hall–Kier alpha value is -2.05. The second-order valence-corrected chi connectivity index (χ2v) is 6.20. The molecule has 1 aromatic carbocycles. The maximum Gasteiger partial charge on any atom is 0.394 e. The molecule has 4 nitrogen and oxygen atoms in total. The average Bonchev–Trinajstić information content (AvgIpc) is 3.11. The number of fused-ring (bicyclic) bond motifs is 1. The SMILES string of the molecule is NC(=O)[C@@H]1CN(C(=O)c2ccc3c(c2)CCC3)C[C@H]1C(F)(F)F. The summed E-state index contributed by atoms with van der Waals surface area (Å²) >= 11 is 0. The standard InChI is InChI=1S/C16H17F3N2O2/c17-16(18,19)13-8-21(7-12(13)14(20)22)15(23)11-5-4-9-2-1-3-10(9)6-11/h4-6,12-13H,1-3,7-8H2,(H2,20,22)/t12-,13-/m1/s1. The first-order chi connectivity index (χ1) is 10.8. The van der Waals surface area contributed by atoms with Crippen LogP contribution in [0.15, 0.2) is 18.2 Å². The second kappa shape index (κ2) is 5.54. The Balaban J connectivity index is 1.82. The summed E-state index contributed by atoms with van der Waals surface area (Å²) in [6, 6.07) is 5.26. The Morgan fingerprint density at radius 1 is 1.13 bits per heavy atom. The van der Waals surface area contributed by atoms with Crippen LogP contribution < -0.4 is 5.73 Å². The number of hydrogen-bond acceptors (Lipinski definition) is 2. The van der Waals surface area contributed by atoms with Gasteiger partial charge in [-0.15, -0.1) is 0 Å². The van der Waals surface area contributed by atoms with Gasteiger partial charge in [0, 0.05) is 18.7 Å². The van der Waals surface area contributed by atoms with Crippen LogP contribution >= 0.6 is 0 Å². The van der Waals surface area contributed by atoms with E-state index in [1.54, 1.807) is 12.1 Å². The third kappa shape index (κ3) is 2.92. The highest BCUT2D eigenvalue weighted by molar-refractivity contribution is 5.95. The number of benzene rings is 1. The third-order valence-corrected chi connectivity index (χ3v) is 4.74. The van der Waals surface area contributed by atoms with Gasteiger partial charge in [0.05, 0.1) is 11.8 Å². The van der Waals surface area contributed by atoms with Crippen LogP contribution in [0.5, 0.6) is 0 Å². The molecular weight excluding hydrogens is 309 g/mol. The molecule has 1 fully saturated rings. The van der Waals surface area contributed by atoms with Crippen molar-refractivity contribution in [2.24, 2.45) is 17.6 Å². The number of hydrogen-bond donors (Lipinski definition) is 1. The second-order valence-electron chi connectivity index (χ2n) is 6.20. The summed E-state index contributed by atoms with van der Waals surface area (Å²) in [4.78, 5) is 24.9. The van der Waals surface area contributed by atoms with E-state index in [9.17, 15) is 22.8 Å². The van der Waals surface area contributed by atoms with Crippen molar-refractivity contribution in [1.82, 2.24) is 4.90 Å². The molecule has 23 heavy (non-hydrogen) atoms. The van der Waals surface area contributed by atoms with Crippen LogP contribution in [0.3, 0.4) is 0 Å². The number of nitrogens with zero attached hydrogens (tertiary/aromatic N) is 1. The molecule has 124 valence electrons. The molecule has 0 aromatic heterocycles. The number of rotatable bonds is 2. The molecule has 2 amide bonds. The number of likely N-dealkylation sites (tertiary alicyclic amines) is 1. The number of carbonyl (C=O) groups excluding carboxylic acids is 2. The van der Waals surface area contributed by atoms with E-state index in [0.29, 0.717) is 5.56 Å². The Labute approximate surface area is 131 Å². The van der Waals surface area contributed by atoms with Gasteiger partial charge in [0.2, 0.25) is 5.91 Å². The fourth-order valence-electron chi connectivity index (χ4n) is 3.48. The van der Waals surface area contributed by atoms with Crippen molar-refractivity contribution >= 4 is 11.8 Å². The Morgan fingerprint density at radius 2 is 1.83 bits per heavy atom. The Bertz CT molecular complexity index is 657. The summed E-state index contributed by atoms with van der Waals surface area (Å²) in [7, 11) is 0. The Kier molecular flexibility index (Phi) is 3.82. The van der Waals surface area contributed by atoms with E-state index in [1.165, 1.54) is 5.56 Å². The van der Waals surface area contributed by atoms with Crippen LogP contribution in [-0.4, -0.2) is 36.0 Å². The summed E-state index contributed by atoms with van der Waals surface area (Å²) in [5.41, 5.74) is 7.72. The van der Waals surface area contributed by atoms with Crippen molar-refractivity contribution in [3.63, 3.8) is 0 Å². The topological polar surface area (TPSA) is 63.4 Å². The predicted octanol–water partition coefficient (Wildman–Crippen LogP) is 1.91. The molecule has 7 heteroatoms. The number of halogens is 3. The van der Waals surface area contributed by atoms with Gasteiger partial charge in [0.1, 0.15) is 0 Å². The van der Waals surface area contributed by atoms with Gasteiger partial charge in [0.25, 0.3) is 5.91 Å². The third-order valence-electron chi connectivity index (χ3n) is 4.74. The molecular formula is C16H17F3N2O2. The maximum atomic E-state index is 13.0. The lowest BCUT2D eigenvalue weighted by atomic mass is 9.95. The van der Waals surface area contributed by atoms with Crippen molar-refractivity contribution in [3.05, 3.63) is 34.9 Å². The van der Waals surface area contributed by atoms with E-state index in [-0.39, 0.29) is 6.54 Å². The Morgan fingerprint density at radius 3 is 2.43 bits per heavy atom. The smallest absolute Gasteiger partial charge is 0.369 e. The van der Waals surface area contributed by atoms with Gasteiger partial charge in [0.15, 0.2) is 0 Å². The molecule has 1 aliphatic heterocycles. The van der Waals surface area contributed by atoms with Crippen LogP contribution in [0.2, 0.25) is 0 Å². The average molecular weight is 326 g/mol. The van der Waals surface area contributed by atoms with Crippen LogP contribution in [0, 0.1) is 11.8 Å². The molecule has 1 aliphatic carbocycles. The van der Waals surface area contributed by atoms with E-state index in [4.69, 9.17) is 5.73 Å². The summed E-state index contributed by atoms with van der Waals surface area (Å²) in [5, 5.41) is 0. The maximum absolute atomic E-state index is 13.0. The van der Waals surface area contributed by atoms with Gasteiger partial charge in [-0.3, -0.25) is 9.59 Å². The van der Waals surface area contributed by atoms with Crippen molar-refractivity contribution < 1.29 is 22.8 Å². The highest BCUT2D eigenvalue weighted by atomic mass is 19.4. The fraction of sp³-hybridized carbons (Fsp3) is 0.500. The molecule has 0 bridgehead atoms. The van der Waals surface area contributed by atoms with Crippen molar-refractivity contribution in [2.45, 2.75) is 25.4 Å². The lowest BCUT2D eigenvalue weighted by molar-refractivity contribution is -0.182. The number of alkyl halides is 3. The number of carbonyl (C=O) groups is 2. The van der Waals surface area contributed by atoms with Gasteiger partial charge < -0.3 is 10.6 Å². The highest BCUT2D eigenvalue weighted by Gasteiger charge is 2.52. The monoisotopic (exact) mass is 326 g/mol. The summed E-state index contributed by atoms with van der Waals surface area (Å²) < 4.78 is 39.1. The van der Waals surface area contributed by atoms with Gasteiger partial charge in [-0.1, -0.05) is 6.07 Å². The molecule has 2 N–H and O–H groups in total. The largest absolute Gasteiger partial charge is 0.394 e. The first-order valence-corrected chi connectivity index (χ1v) is 7.54. The van der Waals surface area contributed by atoms with Gasteiger partial charge in [-0.05, 0) is 42.5 Å². The molecule has 0 unspecified atom stereocenters. The van der Waals surface area contributed by atoms with Crippen LogP contribution in [0.25, 0.3) is 0 Å². The molecule has 2 aliphatic rings. The van der Waals surface area contributed by atoms with E-state index in [2.05, 4.69) is 0 Å². The highest BCUT2D eigenvalue weighted by Crippen LogP contribution is 2.38. The van der Waals surface area contributed by atoms with E-state index in [1.807, 2.05) is 6.07 Å². The zero-order chi connectivity index (χ0) is 16.8. The normalized spacial score (nSPS) is 23.9. The predicted molar refractivity (Wildman–Crippen MR) is 76.6 cm³/mol. The fourth-order valence-corrected chi connectivity index (χ4v) is 3.48. The molecule has 1 aromatic rings. The molecule has 3 rings (SSSR count). The minimum absolute atomic E-state index is 0.282. The number of primary amides is 1. The van der Waals surface area contributed by atoms with Crippen LogP contribution in [-0.2, 0) is 17.6 Å². The number of amides is 2. The van der Waals surface area contributed by atoms with E-state index in [0.717, 1.165) is 29.7 Å².